The van der Waals surface area contributed by atoms with E-state index in [2.05, 4.69) is 33.2 Å². The van der Waals surface area contributed by atoms with Gasteiger partial charge < -0.3 is 10.2 Å². The number of alkyl halides is 2. The number of aryl methyl sites for hydroxylation is 2. The molecule has 188 valence electrons. The van der Waals surface area contributed by atoms with Crippen LogP contribution in [0.4, 0.5) is 14.5 Å². The molecular weight excluding hydrogens is 458 g/mol. The predicted octanol–water partition coefficient (Wildman–Crippen LogP) is 5.49. The average molecular weight is 491 g/mol. The monoisotopic (exact) mass is 490 g/mol. The molecule has 0 spiro atoms. The highest BCUT2D eigenvalue weighted by Gasteiger charge is 2.47. The van der Waals surface area contributed by atoms with Crippen LogP contribution in [0.15, 0.2) is 42.5 Å². The molecule has 7 heteroatoms. The van der Waals surface area contributed by atoms with Crippen molar-refractivity contribution in [2.75, 3.05) is 25.0 Å². The summed E-state index contributed by atoms with van der Waals surface area (Å²) in [5, 5.41) is 4.06. The molecule has 1 saturated carbocycles. The van der Waals surface area contributed by atoms with Gasteiger partial charge in [-0.2, -0.15) is 0 Å². The van der Waals surface area contributed by atoms with Crippen molar-refractivity contribution >= 4 is 22.5 Å². The largest absolute Gasteiger partial charge is 0.368 e. The zero-order valence-corrected chi connectivity index (χ0v) is 21.0. The quantitative estimate of drug-likeness (QED) is 0.514. The van der Waals surface area contributed by atoms with Crippen molar-refractivity contribution in [2.24, 2.45) is 0 Å². The minimum absolute atomic E-state index is 0.0565. The predicted molar refractivity (Wildman–Crippen MR) is 138 cm³/mol. The molecule has 2 unspecified atom stereocenters. The molecule has 3 fully saturated rings. The summed E-state index contributed by atoms with van der Waals surface area (Å²) in [6.07, 6.45) is 1.28. The lowest BCUT2D eigenvalue weighted by atomic mass is 9.95. The summed E-state index contributed by atoms with van der Waals surface area (Å²) >= 11 is 0. The third-order valence-corrected chi connectivity index (χ3v) is 8.52. The van der Waals surface area contributed by atoms with Gasteiger partial charge in [-0.25, -0.2) is 8.78 Å². The van der Waals surface area contributed by atoms with Crippen molar-refractivity contribution in [3.05, 3.63) is 70.4 Å². The van der Waals surface area contributed by atoms with Gasteiger partial charge in [0.25, 0.3) is 12.3 Å². The molecule has 3 aromatic rings. The van der Waals surface area contributed by atoms with Crippen LogP contribution >= 0.6 is 0 Å². The lowest BCUT2D eigenvalue weighted by Crippen LogP contribution is -2.52. The van der Waals surface area contributed by atoms with Gasteiger partial charge in [-0.05, 0) is 88.0 Å². The Balaban J connectivity index is 1.31. The van der Waals surface area contributed by atoms with Crippen LogP contribution in [0, 0.1) is 13.8 Å². The van der Waals surface area contributed by atoms with E-state index in [0.717, 1.165) is 53.8 Å². The molecule has 6 rings (SSSR count). The van der Waals surface area contributed by atoms with Crippen molar-refractivity contribution in [2.45, 2.75) is 63.6 Å². The SMILES string of the molecule is Cc1ccc2c(C3(NC(=O)c4cc(N5CC6CCC(C5)N6C)ccc4C)CC3)cc(C(F)F)cc2n1. The van der Waals surface area contributed by atoms with E-state index in [1.807, 2.05) is 38.1 Å². The molecule has 1 aliphatic carbocycles. The molecule has 2 aliphatic heterocycles. The Hall–Kier alpha value is -3.06. The molecule has 1 amide bonds. The Morgan fingerprint density at radius 1 is 1.06 bits per heavy atom. The smallest absolute Gasteiger partial charge is 0.263 e. The van der Waals surface area contributed by atoms with E-state index in [1.165, 1.54) is 18.9 Å². The Bertz CT molecular complexity index is 1340. The van der Waals surface area contributed by atoms with Gasteiger partial charge in [0.2, 0.25) is 0 Å². The van der Waals surface area contributed by atoms with Gasteiger partial charge in [0.05, 0.1) is 11.1 Å². The number of carbonyl (C=O) groups is 1. The highest BCUT2D eigenvalue weighted by molar-refractivity contribution is 5.98. The van der Waals surface area contributed by atoms with E-state index in [0.29, 0.717) is 23.2 Å². The molecule has 5 nitrogen and oxygen atoms in total. The lowest BCUT2D eigenvalue weighted by Gasteiger charge is -2.40. The molecule has 1 N–H and O–H groups in total. The normalized spacial score (nSPS) is 22.9. The molecule has 0 radical (unpaired) electrons. The number of aromatic nitrogens is 1. The number of carbonyl (C=O) groups excluding carboxylic acids is 1. The van der Waals surface area contributed by atoms with Gasteiger partial charge >= 0.3 is 0 Å². The van der Waals surface area contributed by atoms with Crippen molar-refractivity contribution in [3.63, 3.8) is 0 Å². The first-order chi connectivity index (χ1) is 17.2. The summed E-state index contributed by atoms with van der Waals surface area (Å²) in [4.78, 5) is 23.0. The van der Waals surface area contributed by atoms with E-state index in [4.69, 9.17) is 0 Å². The zero-order valence-electron chi connectivity index (χ0n) is 21.0. The standard InChI is InChI=1S/C29H32F2N4O/c1-17-4-6-20(35-15-21-7-8-22(16-35)34(21)3)14-24(17)28(36)33-29(10-11-29)25-12-19(27(30)31)13-26-23(25)9-5-18(2)32-26/h4-6,9,12-14,21-22,27H,7-8,10-11,15-16H2,1-3H3,(H,33,36). The second-order valence-corrected chi connectivity index (χ2v) is 10.9. The summed E-state index contributed by atoms with van der Waals surface area (Å²) in [5.41, 5.74) is 3.99. The van der Waals surface area contributed by atoms with Crippen molar-refractivity contribution in [3.8, 4) is 0 Å². The lowest BCUT2D eigenvalue weighted by molar-refractivity contribution is 0.0930. The number of nitrogens with one attached hydrogen (secondary N) is 1. The van der Waals surface area contributed by atoms with E-state index in [1.54, 1.807) is 6.07 Å². The van der Waals surface area contributed by atoms with E-state index < -0.39 is 12.0 Å². The number of fused-ring (bicyclic) bond motifs is 3. The molecule has 1 aromatic heterocycles. The fourth-order valence-corrected chi connectivity index (χ4v) is 6.13. The number of benzene rings is 2. The number of amides is 1. The second kappa shape index (κ2) is 8.51. The van der Waals surface area contributed by atoms with Crippen LogP contribution in [-0.4, -0.2) is 48.0 Å². The molecule has 3 heterocycles. The number of anilines is 1. The number of halogens is 2. The van der Waals surface area contributed by atoms with Crippen LogP contribution in [0.25, 0.3) is 10.9 Å². The highest BCUT2D eigenvalue weighted by atomic mass is 19.3. The minimum atomic E-state index is -2.60. The maximum atomic E-state index is 13.7. The number of likely N-dealkylation sites (N-methyl/N-ethyl adjacent to an activating group) is 1. The second-order valence-electron chi connectivity index (χ2n) is 10.9. The number of pyridine rings is 1. The molecule has 3 aliphatic rings. The maximum Gasteiger partial charge on any atom is 0.263 e. The van der Waals surface area contributed by atoms with Crippen molar-refractivity contribution in [1.29, 1.82) is 0 Å². The third-order valence-electron chi connectivity index (χ3n) is 8.52. The molecule has 2 aromatic carbocycles. The summed E-state index contributed by atoms with van der Waals surface area (Å²) in [6.45, 7) is 5.75. The molecular formula is C29H32F2N4O. The average Bonchev–Trinajstić information content (AvgIpc) is 3.60. The van der Waals surface area contributed by atoms with Crippen LogP contribution in [-0.2, 0) is 5.54 Å². The molecule has 2 saturated heterocycles. The van der Waals surface area contributed by atoms with E-state index >= 15 is 0 Å². The van der Waals surface area contributed by atoms with Crippen LogP contribution in [0.3, 0.4) is 0 Å². The van der Waals surface area contributed by atoms with Gasteiger partial charge in [0, 0.05) is 53.1 Å². The van der Waals surface area contributed by atoms with Gasteiger partial charge in [-0.1, -0.05) is 12.1 Å². The van der Waals surface area contributed by atoms with Gasteiger partial charge in [-0.15, -0.1) is 0 Å². The van der Waals surface area contributed by atoms with Crippen LogP contribution in [0.5, 0.6) is 0 Å². The molecule has 2 atom stereocenters. The maximum absolute atomic E-state index is 13.7. The van der Waals surface area contributed by atoms with Gasteiger partial charge in [-0.3, -0.25) is 14.7 Å². The first-order valence-corrected chi connectivity index (χ1v) is 12.8. The topological polar surface area (TPSA) is 48.5 Å². The van der Waals surface area contributed by atoms with E-state index in [9.17, 15) is 13.6 Å². The number of nitrogens with zero attached hydrogens (tertiary/aromatic N) is 3. The summed E-state index contributed by atoms with van der Waals surface area (Å²) in [5.74, 6) is -0.153. The molecule has 2 bridgehead atoms. The van der Waals surface area contributed by atoms with Crippen LogP contribution in [0.2, 0.25) is 0 Å². The highest BCUT2D eigenvalue weighted by Crippen LogP contribution is 2.49. The first kappa shape index (κ1) is 23.3. The Morgan fingerprint density at radius 2 is 1.78 bits per heavy atom. The minimum Gasteiger partial charge on any atom is -0.368 e. The third kappa shape index (κ3) is 3.94. The summed E-state index contributed by atoms with van der Waals surface area (Å²) in [6, 6.07) is 14.1. The number of hydrogen-bond acceptors (Lipinski definition) is 4. The van der Waals surface area contributed by atoms with Crippen molar-refractivity contribution < 1.29 is 13.6 Å². The number of piperazine rings is 1. The van der Waals surface area contributed by atoms with Crippen LogP contribution < -0.4 is 10.2 Å². The van der Waals surface area contributed by atoms with Gasteiger partial charge in [0.1, 0.15) is 0 Å². The number of hydrogen-bond donors (Lipinski definition) is 1. The fraction of sp³-hybridized carbons (Fsp3) is 0.448. The Morgan fingerprint density at radius 3 is 2.44 bits per heavy atom. The first-order valence-electron chi connectivity index (χ1n) is 12.8. The number of rotatable bonds is 5. The van der Waals surface area contributed by atoms with E-state index in [-0.39, 0.29) is 11.5 Å². The summed E-state index contributed by atoms with van der Waals surface area (Å²) in [7, 11) is 2.21. The van der Waals surface area contributed by atoms with Crippen LogP contribution in [0.1, 0.15) is 64.9 Å². The van der Waals surface area contributed by atoms with Crippen molar-refractivity contribution in [1.82, 2.24) is 15.2 Å². The zero-order chi connectivity index (χ0) is 25.2. The fourth-order valence-electron chi connectivity index (χ4n) is 6.13. The van der Waals surface area contributed by atoms with Gasteiger partial charge in [0.15, 0.2) is 0 Å². The Kier molecular flexibility index (Phi) is 5.52. The summed E-state index contributed by atoms with van der Waals surface area (Å²) < 4.78 is 27.5. The molecule has 36 heavy (non-hydrogen) atoms. The Labute approximate surface area is 210 Å².